The van der Waals surface area contributed by atoms with Crippen molar-refractivity contribution in [3.63, 3.8) is 0 Å². The first-order valence-electron chi connectivity index (χ1n) is 7.58. The molecule has 0 spiro atoms. The van der Waals surface area contributed by atoms with Gasteiger partial charge in [0.2, 0.25) is 5.91 Å². The van der Waals surface area contributed by atoms with Gasteiger partial charge in [0.05, 0.1) is 0 Å². The van der Waals surface area contributed by atoms with Crippen molar-refractivity contribution in [1.29, 1.82) is 0 Å². The lowest BCUT2D eigenvalue weighted by Gasteiger charge is -2.17. The Morgan fingerprint density at radius 2 is 1.90 bits per heavy atom. The highest BCUT2D eigenvalue weighted by Crippen LogP contribution is 2.22. The van der Waals surface area contributed by atoms with Crippen molar-refractivity contribution in [2.45, 2.75) is 25.7 Å². The van der Waals surface area contributed by atoms with Crippen LogP contribution in [0.5, 0.6) is 0 Å². The monoisotopic (exact) mass is 283 g/mol. The molecule has 0 radical (unpaired) electrons. The molecule has 2 heterocycles. The quantitative estimate of drug-likeness (QED) is 0.885. The van der Waals surface area contributed by atoms with E-state index in [0.29, 0.717) is 6.42 Å². The van der Waals surface area contributed by atoms with E-state index in [1.807, 2.05) is 30.5 Å². The molecule has 4 heteroatoms. The second-order valence-corrected chi connectivity index (χ2v) is 5.48. The third kappa shape index (κ3) is 3.66. The molecular formula is C17H21N3O. The number of aromatic amines is 1. The number of nitrogens with zero attached hydrogens (tertiary/aromatic N) is 1. The molecule has 1 aromatic carbocycles. The first-order valence-corrected chi connectivity index (χ1v) is 7.58. The molecule has 0 aliphatic carbocycles. The molecule has 110 valence electrons. The predicted molar refractivity (Wildman–Crippen MR) is 85.6 cm³/mol. The molecule has 2 N–H and O–H groups in total. The van der Waals surface area contributed by atoms with E-state index in [1.54, 1.807) is 0 Å². The van der Waals surface area contributed by atoms with Crippen molar-refractivity contribution < 1.29 is 4.79 Å². The summed E-state index contributed by atoms with van der Waals surface area (Å²) in [5, 5.41) is 2.95. The topological polar surface area (TPSA) is 48.1 Å². The molecule has 3 rings (SSSR count). The lowest BCUT2D eigenvalue weighted by molar-refractivity contribution is -0.116. The molecule has 1 aliphatic rings. The molecule has 0 unspecified atom stereocenters. The van der Waals surface area contributed by atoms with Crippen LogP contribution in [-0.2, 0) is 11.2 Å². The number of anilines is 2. The number of carbonyl (C=O) groups is 1. The minimum absolute atomic E-state index is 0.0542. The van der Waals surface area contributed by atoms with Crippen LogP contribution in [0.4, 0.5) is 11.4 Å². The zero-order valence-corrected chi connectivity index (χ0v) is 12.1. The van der Waals surface area contributed by atoms with E-state index in [4.69, 9.17) is 0 Å². The highest BCUT2D eigenvalue weighted by molar-refractivity contribution is 5.91. The van der Waals surface area contributed by atoms with Crippen molar-refractivity contribution >= 4 is 17.3 Å². The Labute approximate surface area is 125 Å². The highest BCUT2D eigenvalue weighted by Gasteiger charge is 2.12. The summed E-state index contributed by atoms with van der Waals surface area (Å²) in [5.41, 5.74) is 3.21. The Balaban J connectivity index is 1.51. The summed E-state index contributed by atoms with van der Waals surface area (Å²) in [5.74, 6) is 0.0542. The Morgan fingerprint density at radius 1 is 1.14 bits per heavy atom. The SMILES string of the molecule is O=C(CCc1ccc[nH]1)Nc1ccc(N2CCCC2)cc1. The maximum Gasteiger partial charge on any atom is 0.224 e. The van der Waals surface area contributed by atoms with E-state index in [0.717, 1.165) is 30.9 Å². The fourth-order valence-corrected chi connectivity index (χ4v) is 2.73. The van der Waals surface area contributed by atoms with Crippen molar-refractivity contribution in [1.82, 2.24) is 4.98 Å². The van der Waals surface area contributed by atoms with Gasteiger partial charge >= 0.3 is 0 Å². The minimum atomic E-state index is 0.0542. The van der Waals surface area contributed by atoms with E-state index in [-0.39, 0.29) is 5.91 Å². The van der Waals surface area contributed by atoms with Gasteiger partial charge in [-0.05, 0) is 55.7 Å². The first-order chi connectivity index (χ1) is 10.3. The molecule has 0 saturated carbocycles. The molecule has 1 fully saturated rings. The summed E-state index contributed by atoms with van der Waals surface area (Å²) in [4.78, 5) is 17.4. The summed E-state index contributed by atoms with van der Waals surface area (Å²) >= 11 is 0. The van der Waals surface area contributed by atoms with Gasteiger partial charge in [0.15, 0.2) is 0 Å². The van der Waals surface area contributed by atoms with Gasteiger partial charge in [0.25, 0.3) is 0 Å². The molecule has 21 heavy (non-hydrogen) atoms. The van der Waals surface area contributed by atoms with Gasteiger partial charge in [-0.15, -0.1) is 0 Å². The maximum absolute atomic E-state index is 11.9. The van der Waals surface area contributed by atoms with E-state index >= 15 is 0 Å². The Morgan fingerprint density at radius 3 is 2.57 bits per heavy atom. The molecular weight excluding hydrogens is 262 g/mol. The number of nitrogens with one attached hydrogen (secondary N) is 2. The van der Waals surface area contributed by atoms with Crippen LogP contribution in [0, 0.1) is 0 Å². The van der Waals surface area contributed by atoms with Gasteiger partial charge in [0, 0.05) is 42.8 Å². The third-order valence-electron chi connectivity index (χ3n) is 3.91. The smallest absolute Gasteiger partial charge is 0.224 e. The van der Waals surface area contributed by atoms with Gasteiger partial charge in [-0.3, -0.25) is 4.79 Å². The maximum atomic E-state index is 11.9. The summed E-state index contributed by atoms with van der Waals surface area (Å²) in [6.45, 7) is 2.28. The van der Waals surface area contributed by atoms with Gasteiger partial charge in [-0.25, -0.2) is 0 Å². The number of amides is 1. The number of aromatic nitrogens is 1. The minimum Gasteiger partial charge on any atom is -0.372 e. The number of benzene rings is 1. The van der Waals surface area contributed by atoms with Crippen LogP contribution < -0.4 is 10.2 Å². The molecule has 4 nitrogen and oxygen atoms in total. The summed E-state index contributed by atoms with van der Waals surface area (Å²) in [6, 6.07) is 12.1. The number of hydrogen-bond donors (Lipinski definition) is 2. The molecule has 0 bridgehead atoms. The van der Waals surface area contributed by atoms with Crippen molar-refractivity contribution in [2.75, 3.05) is 23.3 Å². The van der Waals surface area contributed by atoms with Crippen LogP contribution >= 0.6 is 0 Å². The van der Waals surface area contributed by atoms with E-state index in [1.165, 1.54) is 18.5 Å². The lowest BCUT2D eigenvalue weighted by atomic mass is 10.2. The number of hydrogen-bond acceptors (Lipinski definition) is 2. The van der Waals surface area contributed by atoms with E-state index in [9.17, 15) is 4.79 Å². The number of rotatable bonds is 5. The standard InChI is InChI=1S/C17H21N3O/c21-17(10-7-14-4-3-11-18-14)19-15-5-8-16(9-6-15)20-12-1-2-13-20/h3-6,8-9,11,18H,1-2,7,10,12-13H2,(H,19,21). The summed E-state index contributed by atoms with van der Waals surface area (Å²) < 4.78 is 0. The van der Waals surface area contributed by atoms with Gasteiger partial charge < -0.3 is 15.2 Å². The zero-order valence-electron chi connectivity index (χ0n) is 12.1. The molecule has 2 aromatic rings. The second-order valence-electron chi connectivity index (χ2n) is 5.48. The predicted octanol–water partition coefficient (Wildman–Crippen LogP) is 3.19. The van der Waals surface area contributed by atoms with Crippen molar-refractivity contribution in [2.24, 2.45) is 0 Å². The third-order valence-corrected chi connectivity index (χ3v) is 3.91. The fourth-order valence-electron chi connectivity index (χ4n) is 2.73. The molecule has 1 aromatic heterocycles. The normalized spacial score (nSPS) is 14.4. The number of carbonyl (C=O) groups excluding carboxylic acids is 1. The van der Waals surface area contributed by atoms with E-state index < -0.39 is 0 Å². The van der Waals surface area contributed by atoms with Crippen LogP contribution in [0.2, 0.25) is 0 Å². The molecule has 0 atom stereocenters. The van der Waals surface area contributed by atoms with E-state index in [2.05, 4.69) is 27.3 Å². The van der Waals surface area contributed by atoms with Crippen LogP contribution in [0.15, 0.2) is 42.6 Å². The van der Waals surface area contributed by atoms with Crippen LogP contribution in [0.3, 0.4) is 0 Å². The average molecular weight is 283 g/mol. The van der Waals surface area contributed by atoms with Crippen LogP contribution in [0.1, 0.15) is 25.0 Å². The van der Waals surface area contributed by atoms with Crippen LogP contribution in [0.25, 0.3) is 0 Å². The zero-order chi connectivity index (χ0) is 14.5. The lowest BCUT2D eigenvalue weighted by Crippen LogP contribution is -2.17. The van der Waals surface area contributed by atoms with Gasteiger partial charge in [-0.2, -0.15) is 0 Å². The summed E-state index contributed by atoms with van der Waals surface area (Å²) in [6.07, 6.45) is 5.66. The Hall–Kier alpha value is -2.23. The highest BCUT2D eigenvalue weighted by atomic mass is 16.1. The fraction of sp³-hybridized carbons (Fsp3) is 0.353. The van der Waals surface area contributed by atoms with Gasteiger partial charge in [-0.1, -0.05) is 0 Å². The summed E-state index contributed by atoms with van der Waals surface area (Å²) in [7, 11) is 0. The van der Waals surface area contributed by atoms with Crippen molar-refractivity contribution in [3.8, 4) is 0 Å². The largest absolute Gasteiger partial charge is 0.372 e. The first kappa shape index (κ1) is 13.7. The Kier molecular flexibility index (Phi) is 4.24. The molecule has 1 saturated heterocycles. The molecule has 1 amide bonds. The average Bonchev–Trinajstić information content (AvgIpc) is 3.19. The van der Waals surface area contributed by atoms with Crippen LogP contribution in [-0.4, -0.2) is 24.0 Å². The molecule has 1 aliphatic heterocycles. The number of aryl methyl sites for hydroxylation is 1. The van der Waals surface area contributed by atoms with Gasteiger partial charge in [0.1, 0.15) is 0 Å². The number of H-pyrrole nitrogens is 1. The second kappa shape index (κ2) is 6.48. The van der Waals surface area contributed by atoms with Crippen molar-refractivity contribution in [3.05, 3.63) is 48.3 Å². The Bertz CT molecular complexity index is 569.